The average Bonchev–Trinajstić information content (AvgIpc) is 3.21. The molecule has 0 unspecified atom stereocenters. The van der Waals surface area contributed by atoms with E-state index in [0.717, 1.165) is 11.3 Å². The maximum atomic E-state index is 14.5. The molecule has 1 fully saturated rings. The number of piperidine rings is 1. The number of aromatic nitrogens is 1. The lowest BCUT2D eigenvalue weighted by Crippen LogP contribution is -2.40. The van der Waals surface area contributed by atoms with Gasteiger partial charge in [-0.25, -0.2) is 12.8 Å². The first-order valence-corrected chi connectivity index (χ1v) is 13.1. The van der Waals surface area contributed by atoms with Gasteiger partial charge < -0.3 is 14.0 Å². The summed E-state index contributed by atoms with van der Waals surface area (Å²) < 4.78 is 53.4. The van der Waals surface area contributed by atoms with Crippen LogP contribution in [0.3, 0.4) is 0 Å². The van der Waals surface area contributed by atoms with Crippen LogP contribution in [-0.4, -0.2) is 56.5 Å². The third-order valence-corrected chi connectivity index (χ3v) is 8.83. The van der Waals surface area contributed by atoms with Crippen LogP contribution < -0.4 is 9.54 Å². The third-order valence-electron chi connectivity index (χ3n) is 5.87. The van der Waals surface area contributed by atoms with Gasteiger partial charge in [-0.3, -0.25) is 9.59 Å². The minimum absolute atomic E-state index is 0.156. The van der Waals surface area contributed by atoms with Gasteiger partial charge in [0.25, 0.3) is 5.91 Å². The van der Waals surface area contributed by atoms with Crippen LogP contribution >= 0.6 is 11.3 Å². The first-order valence-electron chi connectivity index (χ1n) is 10.8. The van der Waals surface area contributed by atoms with Crippen LogP contribution in [0.5, 0.6) is 5.75 Å². The summed E-state index contributed by atoms with van der Waals surface area (Å²) in [5.41, 5.74) is 0.176. The number of rotatable bonds is 6. The molecule has 1 aliphatic rings. The Morgan fingerprint density at radius 3 is 2.43 bits per heavy atom. The van der Waals surface area contributed by atoms with Gasteiger partial charge in [-0.1, -0.05) is 17.4 Å². The van der Waals surface area contributed by atoms with Crippen molar-refractivity contribution in [1.29, 1.82) is 0 Å². The molecule has 0 aliphatic carbocycles. The summed E-state index contributed by atoms with van der Waals surface area (Å²) in [6.45, 7) is 0.0507. The molecule has 186 valence electrons. The molecule has 1 saturated heterocycles. The van der Waals surface area contributed by atoms with Crippen molar-refractivity contribution in [2.45, 2.75) is 24.3 Å². The van der Waals surface area contributed by atoms with Crippen LogP contribution in [0, 0.1) is 11.7 Å². The van der Waals surface area contributed by atoms with Gasteiger partial charge in [-0.2, -0.15) is 9.30 Å². The molecule has 3 aromatic rings. The van der Waals surface area contributed by atoms with Crippen LogP contribution in [-0.2, 0) is 30.9 Å². The number of para-hydroxylation sites is 1. The fourth-order valence-electron chi connectivity index (χ4n) is 3.94. The number of nitrogens with zero attached hydrogens (tertiary/aromatic N) is 3. The topological polar surface area (TPSA) is 107 Å². The van der Waals surface area contributed by atoms with Gasteiger partial charge in [0.15, 0.2) is 4.80 Å². The fraction of sp³-hybridized carbons (Fsp3) is 0.348. The lowest BCUT2D eigenvalue weighted by molar-refractivity contribution is -0.141. The molecular weight excluding hydrogens is 497 g/mol. The number of amides is 1. The second-order valence-corrected chi connectivity index (χ2v) is 10.9. The van der Waals surface area contributed by atoms with Crippen LogP contribution in [0.15, 0.2) is 52.4 Å². The summed E-state index contributed by atoms with van der Waals surface area (Å²) in [6.07, 6.45) is 0.599. The summed E-state index contributed by atoms with van der Waals surface area (Å²) in [5.74, 6) is -1.50. The van der Waals surface area contributed by atoms with Gasteiger partial charge in [-0.15, -0.1) is 0 Å². The van der Waals surface area contributed by atoms with Gasteiger partial charge in [0.05, 0.1) is 29.3 Å². The Bertz CT molecular complexity index is 1420. The number of sulfonamides is 1. The number of fused-ring (bicyclic) bond motifs is 1. The molecule has 2 heterocycles. The largest absolute Gasteiger partial charge is 0.497 e. The molecule has 2 aromatic carbocycles. The molecule has 0 N–H and O–H groups in total. The van der Waals surface area contributed by atoms with Gasteiger partial charge in [0.1, 0.15) is 18.1 Å². The SMILES string of the molecule is COC(=O)Cn1c(=NC(=O)C2CCN(S(=O)(=O)c3ccc(OC)cc3)CC2)sc2cccc(F)c21. The van der Waals surface area contributed by atoms with Crippen molar-refractivity contribution in [3.05, 3.63) is 53.1 Å². The summed E-state index contributed by atoms with van der Waals surface area (Å²) >= 11 is 1.10. The quantitative estimate of drug-likeness (QED) is 0.462. The molecule has 0 radical (unpaired) electrons. The zero-order valence-corrected chi connectivity index (χ0v) is 20.8. The molecule has 9 nitrogen and oxygen atoms in total. The summed E-state index contributed by atoms with van der Waals surface area (Å²) in [4.78, 5) is 29.4. The van der Waals surface area contributed by atoms with Crippen molar-refractivity contribution < 1.29 is 31.9 Å². The number of halogens is 1. The maximum Gasteiger partial charge on any atom is 0.325 e. The first-order chi connectivity index (χ1) is 16.7. The minimum atomic E-state index is -3.70. The number of esters is 1. The maximum absolute atomic E-state index is 14.5. The van der Waals surface area contributed by atoms with E-state index in [-0.39, 0.29) is 34.8 Å². The number of hydrogen-bond donors (Lipinski definition) is 0. The van der Waals surface area contributed by atoms with E-state index in [1.54, 1.807) is 24.3 Å². The van der Waals surface area contributed by atoms with E-state index in [4.69, 9.17) is 9.47 Å². The van der Waals surface area contributed by atoms with E-state index < -0.39 is 33.6 Å². The fourth-order valence-corrected chi connectivity index (χ4v) is 6.46. The number of ether oxygens (including phenoxy) is 2. The predicted molar refractivity (Wildman–Crippen MR) is 127 cm³/mol. The van der Waals surface area contributed by atoms with E-state index in [2.05, 4.69) is 4.99 Å². The van der Waals surface area contributed by atoms with Crippen molar-refractivity contribution in [1.82, 2.24) is 8.87 Å². The lowest BCUT2D eigenvalue weighted by Gasteiger charge is -2.29. The Kier molecular flexibility index (Phi) is 7.33. The average molecular weight is 522 g/mol. The van der Waals surface area contributed by atoms with Crippen molar-refractivity contribution in [3.8, 4) is 5.75 Å². The van der Waals surface area contributed by atoms with E-state index in [1.165, 1.54) is 41.3 Å². The Balaban J connectivity index is 1.54. The summed E-state index contributed by atoms with van der Waals surface area (Å²) in [5, 5.41) is 0. The highest BCUT2D eigenvalue weighted by Crippen LogP contribution is 2.26. The highest BCUT2D eigenvalue weighted by Gasteiger charge is 2.32. The molecule has 1 aromatic heterocycles. The van der Waals surface area contributed by atoms with E-state index >= 15 is 0 Å². The zero-order chi connectivity index (χ0) is 25.2. The number of carbonyl (C=O) groups excluding carboxylic acids is 2. The highest BCUT2D eigenvalue weighted by molar-refractivity contribution is 7.89. The molecule has 4 rings (SSSR count). The molecule has 0 spiro atoms. The highest BCUT2D eigenvalue weighted by atomic mass is 32.2. The molecule has 1 amide bonds. The number of hydrogen-bond acceptors (Lipinski definition) is 7. The van der Waals surface area contributed by atoms with E-state index in [1.807, 2.05) is 0 Å². The summed E-state index contributed by atoms with van der Waals surface area (Å²) in [7, 11) is -0.971. The van der Waals surface area contributed by atoms with Crippen LogP contribution in [0.25, 0.3) is 10.2 Å². The molecule has 35 heavy (non-hydrogen) atoms. The number of benzene rings is 2. The smallest absolute Gasteiger partial charge is 0.325 e. The van der Waals surface area contributed by atoms with Gasteiger partial charge in [0.2, 0.25) is 10.0 Å². The predicted octanol–water partition coefficient (Wildman–Crippen LogP) is 2.55. The van der Waals surface area contributed by atoms with Crippen molar-refractivity contribution in [2.75, 3.05) is 27.3 Å². The normalized spacial score (nSPS) is 15.9. The van der Waals surface area contributed by atoms with Crippen molar-refractivity contribution in [2.24, 2.45) is 10.9 Å². The zero-order valence-electron chi connectivity index (χ0n) is 19.1. The second kappa shape index (κ2) is 10.3. The first kappa shape index (κ1) is 25.0. The van der Waals surface area contributed by atoms with Crippen LogP contribution in [0.4, 0.5) is 4.39 Å². The molecule has 0 bridgehead atoms. The monoisotopic (exact) mass is 521 g/mol. The molecule has 0 atom stereocenters. The summed E-state index contributed by atoms with van der Waals surface area (Å²) in [6, 6.07) is 10.6. The van der Waals surface area contributed by atoms with Crippen LogP contribution in [0.1, 0.15) is 12.8 Å². The second-order valence-electron chi connectivity index (χ2n) is 7.94. The van der Waals surface area contributed by atoms with E-state index in [0.29, 0.717) is 23.3 Å². The van der Waals surface area contributed by atoms with Crippen molar-refractivity contribution in [3.63, 3.8) is 0 Å². The minimum Gasteiger partial charge on any atom is -0.497 e. The van der Waals surface area contributed by atoms with E-state index in [9.17, 15) is 22.4 Å². The Hall–Kier alpha value is -3.09. The number of carbonyl (C=O) groups is 2. The number of methoxy groups -OCH3 is 2. The Morgan fingerprint density at radius 2 is 1.80 bits per heavy atom. The standard InChI is InChI=1S/C23H24FN3O6S2/c1-32-16-6-8-17(9-7-16)35(30,31)26-12-10-15(11-13-26)22(29)25-23-27(14-20(28)33-2)21-18(24)4-3-5-19(21)34-23/h3-9,15H,10-14H2,1-2H3. The molecular formula is C23H24FN3O6S2. The van der Waals surface area contributed by atoms with Gasteiger partial charge in [-0.05, 0) is 49.2 Å². The Labute approximate surface area is 205 Å². The number of thiazole rings is 1. The molecule has 12 heteroatoms. The Morgan fingerprint density at radius 1 is 1.11 bits per heavy atom. The van der Waals surface area contributed by atoms with Gasteiger partial charge in [0, 0.05) is 19.0 Å². The van der Waals surface area contributed by atoms with Crippen LogP contribution in [0.2, 0.25) is 0 Å². The molecule has 0 saturated carbocycles. The van der Waals surface area contributed by atoms with Gasteiger partial charge >= 0.3 is 5.97 Å². The lowest BCUT2D eigenvalue weighted by atomic mass is 9.98. The third kappa shape index (κ3) is 5.14. The van der Waals surface area contributed by atoms with Crippen molar-refractivity contribution >= 4 is 43.5 Å². The molecule has 1 aliphatic heterocycles.